The molecule has 8 N–H and O–H groups in total. The lowest BCUT2D eigenvalue weighted by Crippen LogP contribution is -2.66. The fourth-order valence-corrected chi connectivity index (χ4v) is 9.80. The Morgan fingerprint density at radius 3 is 2.40 bits per heavy atom. The van der Waals surface area contributed by atoms with Crippen LogP contribution in [0.4, 0.5) is 0 Å². The topological polar surface area (TPSA) is 180 Å². The number of allylic oxidation sites excluding steroid dienone is 2. The van der Waals surface area contributed by atoms with Crippen LogP contribution in [0.15, 0.2) is 23.8 Å². The summed E-state index contributed by atoms with van der Waals surface area (Å²) in [6.07, 6.45) is 0.511. The normalized spacial score (nSPS) is 52.3. The maximum absolute atomic E-state index is 12.5. The van der Waals surface area contributed by atoms with Crippen molar-refractivity contribution in [3.8, 4) is 0 Å². The van der Waals surface area contributed by atoms with Gasteiger partial charge in [-0.15, -0.1) is 0 Å². The molecule has 5 rings (SSSR count). The van der Waals surface area contributed by atoms with Gasteiger partial charge < -0.3 is 50.3 Å². The number of aliphatic hydroxyl groups excluding tert-OH is 7. The third kappa shape index (κ3) is 5.13. The zero-order valence-corrected chi connectivity index (χ0v) is 25.3. The lowest BCUT2D eigenvalue weighted by atomic mass is 9.43. The van der Waals surface area contributed by atoms with Crippen molar-refractivity contribution in [2.45, 2.75) is 121 Å². The Labute approximate surface area is 248 Å². The van der Waals surface area contributed by atoms with Crippen LogP contribution in [-0.4, -0.2) is 109 Å². The molecule has 0 aromatic heterocycles. The minimum atomic E-state index is -1.41. The van der Waals surface area contributed by atoms with E-state index in [0.717, 1.165) is 18.4 Å². The first-order valence-electron chi connectivity index (χ1n) is 15.8. The summed E-state index contributed by atoms with van der Waals surface area (Å²) in [5.41, 5.74) is -1.74. The van der Waals surface area contributed by atoms with E-state index < -0.39 is 71.4 Å². The molecular formula is C32H52O10. The number of aliphatic hydroxyl groups is 8. The summed E-state index contributed by atoms with van der Waals surface area (Å²) >= 11 is 0. The lowest BCUT2D eigenvalue weighted by molar-refractivity contribution is -0.280. The molecule has 240 valence electrons. The lowest BCUT2D eigenvalue weighted by Gasteiger charge is -2.63. The molecule has 0 bridgehead atoms. The van der Waals surface area contributed by atoms with Crippen molar-refractivity contribution in [1.82, 2.24) is 0 Å². The predicted octanol–water partition coefficient (Wildman–Crippen LogP) is 0.628. The SMILES string of the molecule is CC(CO)CC=CC(C)C1C(O)C(O)C2C1(C)CCC1C3(C)CCC(OC4OCC(O)C(O)C4O)C=C3C(O)CC12O. The fraction of sp³-hybridized carbons (Fsp3) is 0.875. The molecule has 1 saturated heterocycles. The number of fused-ring (bicyclic) bond motifs is 5. The quantitative estimate of drug-likeness (QED) is 0.194. The van der Waals surface area contributed by atoms with Crippen LogP contribution in [0.5, 0.6) is 0 Å². The Balaban J connectivity index is 1.38. The summed E-state index contributed by atoms with van der Waals surface area (Å²) in [7, 11) is 0. The second kappa shape index (κ2) is 11.8. The molecule has 5 aliphatic rings. The highest BCUT2D eigenvalue weighted by molar-refractivity contribution is 5.33. The highest BCUT2D eigenvalue weighted by Gasteiger charge is 2.72. The minimum Gasteiger partial charge on any atom is -0.396 e. The predicted molar refractivity (Wildman–Crippen MR) is 153 cm³/mol. The molecule has 4 aliphatic carbocycles. The van der Waals surface area contributed by atoms with Gasteiger partial charge in [-0.05, 0) is 72.2 Å². The van der Waals surface area contributed by atoms with Gasteiger partial charge in [0.25, 0.3) is 0 Å². The summed E-state index contributed by atoms with van der Waals surface area (Å²) in [5.74, 6) is -1.05. The fourth-order valence-electron chi connectivity index (χ4n) is 9.80. The average Bonchev–Trinajstić information content (AvgIpc) is 3.14. The standard InChI is InChI=1S/C32H52O10/c1-16(14-33)6-5-7-17(2)23-25(37)26(38)28-31(23,4)11-9-22-30(3)10-8-18(12-19(30)20(34)13-32(22,28)40)42-29-27(39)24(36)21(35)15-41-29/h5,7,12,16-18,20-29,33-40H,6,8-11,13-15H2,1-4H3. The van der Waals surface area contributed by atoms with Gasteiger partial charge in [0.15, 0.2) is 6.29 Å². The van der Waals surface area contributed by atoms with E-state index >= 15 is 0 Å². The van der Waals surface area contributed by atoms with Crippen molar-refractivity contribution >= 4 is 0 Å². The molecule has 0 spiro atoms. The van der Waals surface area contributed by atoms with Crippen LogP contribution in [0.1, 0.15) is 66.2 Å². The Kier molecular flexibility index (Phi) is 9.11. The van der Waals surface area contributed by atoms with Crippen molar-refractivity contribution in [1.29, 1.82) is 0 Å². The van der Waals surface area contributed by atoms with Gasteiger partial charge in [-0.1, -0.05) is 45.9 Å². The summed E-state index contributed by atoms with van der Waals surface area (Å²) in [5, 5.41) is 86.5. The van der Waals surface area contributed by atoms with E-state index in [1.54, 1.807) is 0 Å². The van der Waals surface area contributed by atoms with Gasteiger partial charge >= 0.3 is 0 Å². The van der Waals surface area contributed by atoms with Crippen molar-refractivity contribution in [2.24, 2.45) is 40.4 Å². The molecule has 16 unspecified atom stereocenters. The molecule has 1 aliphatic heterocycles. The maximum Gasteiger partial charge on any atom is 0.186 e. The van der Waals surface area contributed by atoms with E-state index in [0.29, 0.717) is 19.3 Å². The Hall–Kier alpha value is -0.920. The van der Waals surface area contributed by atoms with Crippen molar-refractivity contribution in [3.05, 3.63) is 23.8 Å². The van der Waals surface area contributed by atoms with Crippen LogP contribution in [0, 0.1) is 40.4 Å². The van der Waals surface area contributed by atoms with E-state index in [9.17, 15) is 40.9 Å². The number of ether oxygens (including phenoxy) is 2. The molecule has 0 radical (unpaired) electrons. The molecule has 0 aromatic rings. The summed E-state index contributed by atoms with van der Waals surface area (Å²) in [6, 6.07) is 0. The first kappa shape index (κ1) is 32.5. The average molecular weight is 597 g/mol. The van der Waals surface area contributed by atoms with Crippen LogP contribution in [0.3, 0.4) is 0 Å². The van der Waals surface area contributed by atoms with Gasteiger partial charge in [0.1, 0.15) is 18.3 Å². The van der Waals surface area contributed by atoms with Crippen LogP contribution >= 0.6 is 0 Å². The Morgan fingerprint density at radius 2 is 1.71 bits per heavy atom. The van der Waals surface area contributed by atoms with Gasteiger partial charge in [-0.3, -0.25) is 0 Å². The molecule has 42 heavy (non-hydrogen) atoms. The molecule has 10 heteroatoms. The van der Waals surface area contributed by atoms with Crippen LogP contribution < -0.4 is 0 Å². The van der Waals surface area contributed by atoms with Gasteiger partial charge in [0, 0.05) is 18.9 Å². The third-order valence-electron chi connectivity index (χ3n) is 11.9. The van der Waals surface area contributed by atoms with E-state index in [4.69, 9.17) is 9.47 Å². The van der Waals surface area contributed by atoms with E-state index in [-0.39, 0.29) is 43.3 Å². The van der Waals surface area contributed by atoms with E-state index in [1.807, 2.05) is 26.0 Å². The number of rotatable bonds is 7. The smallest absolute Gasteiger partial charge is 0.186 e. The molecule has 0 amide bonds. The monoisotopic (exact) mass is 596 g/mol. The summed E-state index contributed by atoms with van der Waals surface area (Å²) < 4.78 is 11.4. The minimum absolute atomic E-state index is 0.0360. The molecule has 10 nitrogen and oxygen atoms in total. The second-order valence-corrected chi connectivity index (χ2v) is 14.6. The Morgan fingerprint density at radius 1 is 1.00 bits per heavy atom. The molecule has 3 saturated carbocycles. The summed E-state index contributed by atoms with van der Waals surface area (Å²) in [4.78, 5) is 0. The highest BCUT2D eigenvalue weighted by Crippen LogP contribution is 2.69. The van der Waals surface area contributed by atoms with Crippen molar-refractivity contribution in [3.63, 3.8) is 0 Å². The van der Waals surface area contributed by atoms with Crippen molar-refractivity contribution < 1.29 is 50.3 Å². The van der Waals surface area contributed by atoms with Crippen LogP contribution in [0.25, 0.3) is 0 Å². The van der Waals surface area contributed by atoms with Crippen molar-refractivity contribution in [2.75, 3.05) is 13.2 Å². The maximum atomic E-state index is 12.5. The van der Waals surface area contributed by atoms with Gasteiger partial charge in [-0.2, -0.15) is 0 Å². The Bertz CT molecular complexity index is 1030. The highest BCUT2D eigenvalue weighted by atomic mass is 16.7. The van der Waals surface area contributed by atoms with Gasteiger partial charge in [-0.25, -0.2) is 0 Å². The molecule has 0 aromatic carbocycles. The zero-order valence-electron chi connectivity index (χ0n) is 25.3. The number of hydrogen-bond acceptors (Lipinski definition) is 10. The molecule has 16 atom stereocenters. The van der Waals surface area contributed by atoms with E-state index in [1.165, 1.54) is 0 Å². The van der Waals surface area contributed by atoms with E-state index in [2.05, 4.69) is 19.9 Å². The van der Waals surface area contributed by atoms with Gasteiger partial charge in [0.05, 0.1) is 36.6 Å². The molecule has 4 fully saturated rings. The second-order valence-electron chi connectivity index (χ2n) is 14.6. The molecular weight excluding hydrogens is 544 g/mol. The number of hydrogen-bond donors (Lipinski definition) is 8. The first-order valence-corrected chi connectivity index (χ1v) is 15.8. The summed E-state index contributed by atoms with van der Waals surface area (Å²) in [6.45, 7) is 8.08. The third-order valence-corrected chi connectivity index (χ3v) is 11.9. The zero-order chi connectivity index (χ0) is 30.8. The van der Waals surface area contributed by atoms with Crippen LogP contribution in [-0.2, 0) is 9.47 Å². The molecule has 1 heterocycles. The largest absolute Gasteiger partial charge is 0.396 e. The van der Waals surface area contributed by atoms with Crippen LogP contribution in [0.2, 0.25) is 0 Å². The van der Waals surface area contributed by atoms with Gasteiger partial charge in [0.2, 0.25) is 0 Å². The first-order chi connectivity index (χ1) is 19.7.